The number of hydrogen-bond acceptors (Lipinski definition) is 3. The Kier molecular flexibility index (Phi) is 6.78. The molecule has 0 spiro atoms. The fraction of sp³-hybridized carbons (Fsp3) is 0.714. The lowest BCUT2D eigenvalue weighted by Crippen LogP contribution is -2.28. The van der Waals surface area contributed by atoms with E-state index in [0.717, 1.165) is 19.3 Å². The fourth-order valence-electron chi connectivity index (χ4n) is 1.57. The topological polar surface area (TPSA) is 43.4 Å². The number of carbonyl (C=O) groups is 2. The third kappa shape index (κ3) is 8.66. The van der Waals surface area contributed by atoms with Crippen LogP contribution in [0.1, 0.15) is 53.4 Å². The molecule has 0 amide bonds. The molecule has 1 unspecified atom stereocenters. The van der Waals surface area contributed by atoms with Crippen LogP contribution >= 0.6 is 0 Å². The van der Waals surface area contributed by atoms with Gasteiger partial charge in [-0.15, -0.1) is 6.58 Å². The molecule has 0 saturated carbocycles. The molecule has 0 aliphatic heterocycles. The highest BCUT2D eigenvalue weighted by Gasteiger charge is 2.23. The van der Waals surface area contributed by atoms with Crippen LogP contribution < -0.4 is 0 Å². The van der Waals surface area contributed by atoms with Crippen molar-refractivity contribution in [2.45, 2.75) is 59.0 Å². The smallest absolute Gasteiger partial charge is 0.313 e. The molecule has 0 bridgehead atoms. The van der Waals surface area contributed by atoms with Gasteiger partial charge in [-0.25, -0.2) is 0 Å². The maximum Gasteiger partial charge on any atom is 0.313 e. The molecule has 0 heterocycles. The Morgan fingerprint density at radius 3 is 2.47 bits per heavy atom. The molecule has 0 aliphatic rings. The van der Waals surface area contributed by atoms with E-state index in [-0.39, 0.29) is 12.2 Å². The monoisotopic (exact) mass is 240 g/mol. The molecule has 3 heteroatoms. The summed E-state index contributed by atoms with van der Waals surface area (Å²) in [4.78, 5) is 22.1. The second kappa shape index (κ2) is 7.25. The van der Waals surface area contributed by atoms with Crippen LogP contribution in [0.2, 0.25) is 0 Å². The summed E-state index contributed by atoms with van der Waals surface area (Å²) in [6.07, 6.45) is 4.61. The van der Waals surface area contributed by atoms with E-state index < -0.39 is 11.6 Å². The molecule has 17 heavy (non-hydrogen) atoms. The average molecular weight is 240 g/mol. The first-order valence-corrected chi connectivity index (χ1v) is 6.10. The van der Waals surface area contributed by atoms with Crippen molar-refractivity contribution in [1.82, 2.24) is 0 Å². The number of Topliss-reactive ketones (excluding diaryl/α,β-unsaturated/α-hetero) is 1. The van der Waals surface area contributed by atoms with Gasteiger partial charge in [0.25, 0.3) is 0 Å². The molecule has 0 saturated heterocycles. The van der Waals surface area contributed by atoms with Gasteiger partial charge < -0.3 is 4.74 Å². The zero-order valence-corrected chi connectivity index (χ0v) is 11.4. The zero-order chi connectivity index (χ0) is 13.5. The summed E-state index contributed by atoms with van der Waals surface area (Å²) in [6.45, 7) is 11.0. The van der Waals surface area contributed by atoms with Crippen molar-refractivity contribution in [1.29, 1.82) is 0 Å². The molecule has 1 atom stereocenters. The molecule has 0 N–H and O–H groups in total. The summed E-state index contributed by atoms with van der Waals surface area (Å²) in [6, 6.07) is 0. The standard InChI is InChI=1S/C14H24O3/c1-6-11(2)8-7-9-14(4,5)17-13(16)10-12(3)15/h6,11H,1,7-10H2,2-5H3. The van der Waals surface area contributed by atoms with E-state index in [1.54, 1.807) is 0 Å². The number of esters is 1. The van der Waals surface area contributed by atoms with Gasteiger partial charge in [-0.1, -0.05) is 13.0 Å². The third-order valence-corrected chi connectivity index (χ3v) is 2.62. The van der Waals surface area contributed by atoms with Gasteiger partial charge in [0.2, 0.25) is 0 Å². The quantitative estimate of drug-likeness (QED) is 0.371. The highest BCUT2D eigenvalue weighted by Crippen LogP contribution is 2.21. The highest BCUT2D eigenvalue weighted by molar-refractivity contribution is 5.94. The SMILES string of the molecule is C=CC(C)CCCC(C)(C)OC(=O)CC(C)=O. The van der Waals surface area contributed by atoms with Crippen molar-refractivity contribution in [2.75, 3.05) is 0 Å². The van der Waals surface area contributed by atoms with Crippen molar-refractivity contribution in [3.05, 3.63) is 12.7 Å². The van der Waals surface area contributed by atoms with E-state index in [1.165, 1.54) is 6.92 Å². The summed E-state index contributed by atoms with van der Waals surface area (Å²) in [5.74, 6) is -0.107. The van der Waals surface area contributed by atoms with Crippen LogP contribution in [0, 0.1) is 5.92 Å². The first-order valence-electron chi connectivity index (χ1n) is 6.10. The van der Waals surface area contributed by atoms with Gasteiger partial charge >= 0.3 is 5.97 Å². The first kappa shape index (κ1) is 15.9. The Bertz CT molecular complexity index is 279. The van der Waals surface area contributed by atoms with Crippen LogP contribution in [0.3, 0.4) is 0 Å². The minimum absolute atomic E-state index is 0.132. The number of carbonyl (C=O) groups excluding carboxylic acids is 2. The summed E-state index contributed by atoms with van der Waals surface area (Å²) in [7, 11) is 0. The fourth-order valence-corrected chi connectivity index (χ4v) is 1.57. The summed E-state index contributed by atoms with van der Waals surface area (Å²) >= 11 is 0. The average Bonchev–Trinajstić information content (AvgIpc) is 2.14. The van der Waals surface area contributed by atoms with E-state index in [2.05, 4.69) is 13.5 Å². The van der Waals surface area contributed by atoms with Crippen LogP contribution in [0.25, 0.3) is 0 Å². The molecular weight excluding hydrogens is 216 g/mol. The van der Waals surface area contributed by atoms with Crippen molar-refractivity contribution in [2.24, 2.45) is 5.92 Å². The minimum Gasteiger partial charge on any atom is -0.459 e. The maximum absolute atomic E-state index is 11.4. The van der Waals surface area contributed by atoms with E-state index in [4.69, 9.17) is 4.74 Å². The number of hydrogen-bond donors (Lipinski definition) is 0. The molecule has 0 aromatic carbocycles. The van der Waals surface area contributed by atoms with Crippen molar-refractivity contribution < 1.29 is 14.3 Å². The first-order chi connectivity index (χ1) is 7.76. The lowest BCUT2D eigenvalue weighted by molar-refractivity contribution is -0.158. The number of rotatable bonds is 8. The molecular formula is C14H24O3. The Morgan fingerprint density at radius 1 is 1.41 bits per heavy atom. The van der Waals surface area contributed by atoms with Gasteiger partial charge in [0.1, 0.15) is 17.8 Å². The summed E-state index contributed by atoms with van der Waals surface area (Å²) in [5.41, 5.74) is -0.493. The Balaban J connectivity index is 3.98. The predicted molar refractivity (Wildman–Crippen MR) is 68.7 cm³/mol. The predicted octanol–water partition coefficient (Wildman–Crippen LogP) is 3.28. The van der Waals surface area contributed by atoms with E-state index in [0.29, 0.717) is 5.92 Å². The van der Waals surface area contributed by atoms with Gasteiger partial charge in [-0.2, -0.15) is 0 Å². The second-order valence-corrected chi connectivity index (χ2v) is 5.22. The van der Waals surface area contributed by atoms with Crippen LogP contribution in [-0.4, -0.2) is 17.4 Å². The molecule has 0 fully saturated rings. The number of ether oxygens (including phenoxy) is 1. The van der Waals surface area contributed by atoms with E-state index in [9.17, 15) is 9.59 Å². The van der Waals surface area contributed by atoms with Crippen LogP contribution in [-0.2, 0) is 14.3 Å². The lowest BCUT2D eigenvalue weighted by atomic mass is 9.96. The van der Waals surface area contributed by atoms with Crippen LogP contribution in [0.15, 0.2) is 12.7 Å². The normalized spacial score (nSPS) is 12.9. The highest BCUT2D eigenvalue weighted by atomic mass is 16.6. The van der Waals surface area contributed by atoms with Gasteiger partial charge in [0, 0.05) is 0 Å². The molecule has 0 aromatic heterocycles. The lowest BCUT2D eigenvalue weighted by Gasteiger charge is -2.25. The largest absolute Gasteiger partial charge is 0.459 e. The van der Waals surface area contributed by atoms with Crippen LogP contribution in [0.4, 0.5) is 0 Å². The maximum atomic E-state index is 11.4. The second-order valence-electron chi connectivity index (χ2n) is 5.22. The molecule has 0 aliphatic carbocycles. The Hall–Kier alpha value is -1.12. The third-order valence-electron chi connectivity index (χ3n) is 2.62. The van der Waals surface area contributed by atoms with E-state index >= 15 is 0 Å². The minimum atomic E-state index is -0.493. The zero-order valence-electron chi connectivity index (χ0n) is 11.4. The van der Waals surface area contributed by atoms with Gasteiger partial charge in [0.15, 0.2) is 0 Å². The molecule has 0 rings (SSSR count). The molecule has 3 nitrogen and oxygen atoms in total. The summed E-state index contributed by atoms with van der Waals surface area (Å²) in [5, 5.41) is 0. The van der Waals surface area contributed by atoms with Crippen molar-refractivity contribution >= 4 is 11.8 Å². The van der Waals surface area contributed by atoms with Gasteiger partial charge in [0.05, 0.1) is 0 Å². The van der Waals surface area contributed by atoms with Crippen molar-refractivity contribution in [3.63, 3.8) is 0 Å². The molecule has 98 valence electrons. The molecule has 0 aromatic rings. The van der Waals surface area contributed by atoms with Gasteiger partial charge in [-0.3, -0.25) is 9.59 Å². The van der Waals surface area contributed by atoms with Crippen LogP contribution in [0.5, 0.6) is 0 Å². The molecule has 0 radical (unpaired) electrons. The number of allylic oxidation sites excluding steroid dienone is 1. The number of ketones is 1. The van der Waals surface area contributed by atoms with E-state index in [1.807, 2.05) is 19.9 Å². The van der Waals surface area contributed by atoms with Crippen molar-refractivity contribution in [3.8, 4) is 0 Å². The Labute approximate surface area is 104 Å². The Morgan fingerprint density at radius 2 is 2.00 bits per heavy atom. The summed E-state index contributed by atoms with van der Waals surface area (Å²) < 4.78 is 5.28. The van der Waals surface area contributed by atoms with Gasteiger partial charge in [-0.05, 0) is 46.0 Å².